The van der Waals surface area contributed by atoms with Gasteiger partial charge in [0.2, 0.25) is 5.91 Å². The molecule has 1 amide bonds. The standard InChI is InChI=1S/C21H29ClN4OS/c1-28-21-25-24-19(26(21)18-7-2-3-8-18)9-5-15-23-20(27)10-4-6-16-11-13-17(22)14-12-16/h11-14,18H,2-10,15H2,1H3,(H,23,27). The van der Waals surface area contributed by atoms with E-state index in [1.807, 2.05) is 24.3 Å². The molecule has 2 aromatic rings. The lowest BCUT2D eigenvalue weighted by Gasteiger charge is -2.16. The number of hydrogen-bond donors (Lipinski definition) is 1. The van der Waals surface area contributed by atoms with Gasteiger partial charge in [0, 0.05) is 30.5 Å². The summed E-state index contributed by atoms with van der Waals surface area (Å²) in [5.74, 6) is 1.18. The molecule has 1 saturated carbocycles. The van der Waals surface area contributed by atoms with Gasteiger partial charge in [-0.15, -0.1) is 10.2 Å². The summed E-state index contributed by atoms with van der Waals surface area (Å²) in [6.45, 7) is 0.686. The van der Waals surface area contributed by atoms with Gasteiger partial charge in [-0.25, -0.2) is 0 Å². The monoisotopic (exact) mass is 420 g/mol. The van der Waals surface area contributed by atoms with Crippen molar-refractivity contribution in [3.05, 3.63) is 40.7 Å². The Kier molecular flexibility index (Phi) is 8.22. The maximum atomic E-state index is 12.1. The Balaban J connectivity index is 1.37. The predicted molar refractivity (Wildman–Crippen MR) is 115 cm³/mol. The lowest BCUT2D eigenvalue weighted by Crippen LogP contribution is -2.25. The highest BCUT2D eigenvalue weighted by atomic mass is 35.5. The number of carbonyl (C=O) groups excluding carboxylic acids is 1. The van der Waals surface area contributed by atoms with Crippen LogP contribution in [0, 0.1) is 0 Å². The van der Waals surface area contributed by atoms with Crippen molar-refractivity contribution in [1.82, 2.24) is 20.1 Å². The zero-order valence-electron chi connectivity index (χ0n) is 16.5. The fourth-order valence-corrected chi connectivity index (χ4v) is 4.51. The largest absolute Gasteiger partial charge is 0.356 e. The van der Waals surface area contributed by atoms with E-state index >= 15 is 0 Å². The van der Waals surface area contributed by atoms with Crippen molar-refractivity contribution in [3.8, 4) is 0 Å². The number of amides is 1. The molecule has 3 rings (SSSR count). The first-order valence-corrected chi connectivity index (χ1v) is 11.8. The number of nitrogens with one attached hydrogen (secondary N) is 1. The summed E-state index contributed by atoms with van der Waals surface area (Å²) >= 11 is 7.56. The van der Waals surface area contributed by atoms with E-state index in [2.05, 4.69) is 26.3 Å². The van der Waals surface area contributed by atoms with E-state index in [-0.39, 0.29) is 5.91 Å². The van der Waals surface area contributed by atoms with E-state index in [1.54, 1.807) is 11.8 Å². The average molecular weight is 421 g/mol. The number of thioether (sulfide) groups is 1. The second kappa shape index (κ2) is 10.9. The summed E-state index contributed by atoms with van der Waals surface area (Å²) < 4.78 is 2.34. The summed E-state index contributed by atoms with van der Waals surface area (Å²) in [7, 11) is 0. The normalized spacial score (nSPS) is 14.5. The van der Waals surface area contributed by atoms with E-state index in [0.717, 1.165) is 41.7 Å². The highest BCUT2D eigenvalue weighted by molar-refractivity contribution is 7.98. The van der Waals surface area contributed by atoms with Crippen molar-refractivity contribution in [3.63, 3.8) is 0 Å². The van der Waals surface area contributed by atoms with Gasteiger partial charge in [0.05, 0.1) is 0 Å². The molecule has 1 heterocycles. The van der Waals surface area contributed by atoms with Gasteiger partial charge in [-0.2, -0.15) is 0 Å². The second-order valence-corrected chi connectivity index (χ2v) is 8.55. The maximum Gasteiger partial charge on any atom is 0.220 e. The smallest absolute Gasteiger partial charge is 0.220 e. The molecule has 152 valence electrons. The van der Waals surface area contributed by atoms with Crippen molar-refractivity contribution in [1.29, 1.82) is 0 Å². The van der Waals surface area contributed by atoms with Crippen molar-refractivity contribution in [2.45, 2.75) is 69.0 Å². The fraction of sp³-hybridized carbons (Fsp3) is 0.571. The van der Waals surface area contributed by atoms with Crippen LogP contribution in [0.5, 0.6) is 0 Å². The highest BCUT2D eigenvalue weighted by Crippen LogP contribution is 2.33. The lowest BCUT2D eigenvalue weighted by molar-refractivity contribution is -0.121. The second-order valence-electron chi connectivity index (χ2n) is 7.34. The van der Waals surface area contributed by atoms with Crippen LogP contribution in [0.3, 0.4) is 0 Å². The Morgan fingerprint density at radius 1 is 1.18 bits per heavy atom. The molecule has 0 unspecified atom stereocenters. The van der Waals surface area contributed by atoms with Crippen LogP contribution in [0.4, 0.5) is 0 Å². The zero-order chi connectivity index (χ0) is 19.8. The number of hydrogen-bond acceptors (Lipinski definition) is 4. The first kappa shape index (κ1) is 21.2. The Morgan fingerprint density at radius 2 is 1.93 bits per heavy atom. The van der Waals surface area contributed by atoms with Crippen LogP contribution in [-0.2, 0) is 17.6 Å². The Bertz CT molecular complexity index is 756. The van der Waals surface area contributed by atoms with Crippen LogP contribution in [-0.4, -0.2) is 33.5 Å². The van der Waals surface area contributed by atoms with Gasteiger partial charge in [0.15, 0.2) is 5.16 Å². The molecule has 0 aliphatic heterocycles. The molecule has 5 nitrogen and oxygen atoms in total. The van der Waals surface area contributed by atoms with Crippen molar-refractivity contribution >= 4 is 29.3 Å². The van der Waals surface area contributed by atoms with Gasteiger partial charge in [0.25, 0.3) is 0 Å². The van der Waals surface area contributed by atoms with Crippen molar-refractivity contribution in [2.75, 3.05) is 12.8 Å². The van der Waals surface area contributed by atoms with E-state index in [1.165, 1.54) is 31.2 Å². The van der Waals surface area contributed by atoms with Crippen LogP contribution < -0.4 is 5.32 Å². The van der Waals surface area contributed by atoms with Gasteiger partial charge >= 0.3 is 0 Å². The molecular formula is C21H29ClN4OS. The molecule has 0 bridgehead atoms. The number of nitrogens with zero attached hydrogens (tertiary/aromatic N) is 3. The summed E-state index contributed by atoms with van der Waals surface area (Å²) in [5.41, 5.74) is 1.22. The third kappa shape index (κ3) is 5.98. The predicted octanol–water partition coefficient (Wildman–Crippen LogP) is 4.84. The minimum absolute atomic E-state index is 0.121. The van der Waals surface area contributed by atoms with Crippen LogP contribution in [0.25, 0.3) is 0 Å². The van der Waals surface area contributed by atoms with Crippen molar-refractivity contribution < 1.29 is 4.79 Å². The Labute approximate surface area is 176 Å². The average Bonchev–Trinajstić information content (AvgIpc) is 3.36. The minimum atomic E-state index is 0.121. The molecule has 28 heavy (non-hydrogen) atoms. The van der Waals surface area contributed by atoms with E-state index in [9.17, 15) is 4.79 Å². The molecule has 0 atom stereocenters. The summed E-state index contributed by atoms with van der Waals surface area (Å²) in [4.78, 5) is 12.1. The molecular weight excluding hydrogens is 392 g/mol. The SMILES string of the molecule is CSc1nnc(CCCNC(=O)CCCc2ccc(Cl)cc2)n1C1CCCC1. The maximum absolute atomic E-state index is 12.1. The topological polar surface area (TPSA) is 59.8 Å². The van der Waals surface area contributed by atoms with Crippen LogP contribution in [0.2, 0.25) is 5.02 Å². The first-order chi connectivity index (χ1) is 13.7. The Hall–Kier alpha value is -1.53. The molecule has 0 spiro atoms. The third-order valence-electron chi connectivity index (χ3n) is 5.29. The Morgan fingerprint density at radius 3 is 2.64 bits per heavy atom. The van der Waals surface area contributed by atoms with E-state index in [4.69, 9.17) is 11.6 Å². The molecule has 1 N–H and O–H groups in total. The quantitative estimate of drug-likeness (QED) is 0.441. The fourth-order valence-electron chi connectivity index (χ4n) is 3.81. The van der Waals surface area contributed by atoms with Crippen molar-refractivity contribution in [2.24, 2.45) is 0 Å². The van der Waals surface area contributed by atoms with E-state index in [0.29, 0.717) is 19.0 Å². The zero-order valence-corrected chi connectivity index (χ0v) is 18.1. The number of rotatable bonds is 10. The molecule has 1 aromatic carbocycles. The van der Waals surface area contributed by atoms with Gasteiger partial charge in [-0.05, 0) is 56.1 Å². The van der Waals surface area contributed by atoms with Gasteiger partial charge in [0.1, 0.15) is 5.82 Å². The molecule has 0 radical (unpaired) electrons. The summed E-state index contributed by atoms with van der Waals surface area (Å²) in [6, 6.07) is 8.37. The van der Waals surface area contributed by atoms with Crippen LogP contribution >= 0.6 is 23.4 Å². The summed E-state index contributed by atoms with van der Waals surface area (Å²) in [5, 5.41) is 13.6. The minimum Gasteiger partial charge on any atom is -0.356 e. The molecule has 1 aliphatic rings. The van der Waals surface area contributed by atoms with Crippen LogP contribution in [0.1, 0.15) is 62.4 Å². The molecule has 7 heteroatoms. The number of halogens is 1. The summed E-state index contributed by atoms with van der Waals surface area (Å²) in [6.07, 6.45) is 11.1. The molecule has 1 aliphatic carbocycles. The number of carbonyl (C=O) groups is 1. The molecule has 1 aromatic heterocycles. The highest BCUT2D eigenvalue weighted by Gasteiger charge is 2.23. The van der Waals surface area contributed by atoms with Gasteiger partial charge in [-0.1, -0.05) is 48.3 Å². The van der Waals surface area contributed by atoms with Gasteiger partial charge in [-0.3, -0.25) is 4.79 Å². The molecule has 0 saturated heterocycles. The number of benzene rings is 1. The van der Waals surface area contributed by atoms with Crippen LogP contribution in [0.15, 0.2) is 29.4 Å². The number of aromatic nitrogens is 3. The first-order valence-electron chi connectivity index (χ1n) is 10.2. The lowest BCUT2D eigenvalue weighted by atomic mass is 10.1. The van der Waals surface area contributed by atoms with Gasteiger partial charge < -0.3 is 9.88 Å². The van der Waals surface area contributed by atoms with E-state index < -0.39 is 0 Å². The molecule has 1 fully saturated rings. The third-order valence-corrected chi connectivity index (χ3v) is 6.18. The number of aryl methyl sites for hydroxylation is 2.